The fraction of sp³-hybridized carbons (Fsp3) is 0.250. The second-order valence-electron chi connectivity index (χ2n) is 1.89. The number of nitrogens with one attached hydrogen (secondary N) is 1. The summed E-state index contributed by atoms with van der Waals surface area (Å²) in [5.41, 5.74) is 3.51. The Morgan fingerprint density at radius 2 is 2.50 bits per heavy atom. The van der Waals surface area contributed by atoms with Crippen LogP contribution < -0.4 is 5.48 Å². The highest BCUT2D eigenvalue weighted by molar-refractivity contribution is 5.43. The van der Waals surface area contributed by atoms with Gasteiger partial charge in [-0.2, -0.15) is 0 Å². The molecule has 2 heteroatoms. The third-order valence-electron chi connectivity index (χ3n) is 1.08. The molecule has 0 unspecified atom stereocenters. The van der Waals surface area contributed by atoms with Crippen LogP contribution >= 0.6 is 0 Å². The zero-order valence-corrected chi connectivity index (χ0v) is 5.72. The first-order chi connectivity index (χ1) is 6.04. The summed E-state index contributed by atoms with van der Waals surface area (Å²) >= 11 is 0. The zero-order valence-electron chi connectivity index (χ0n) is 8.72. The molecule has 0 atom stereocenters. The van der Waals surface area contributed by atoms with Crippen molar-refractivity contribution in [3.05, 3.63) is 29.8 Å². The molecule has 0 heterocycles. The molecule has 0 radical (unpaired) electrons. The highest BCUT2D eigenvalue weighted by Gasteiger charge is 1.87. The molecule has 0 aromatic heterocycles. The van der Waals surface area contributed by atoms with Crippen LogP contribution in [0.5, 0.6) is 0 Å². The molecule has 0 fully saturated rings. The van der Waals surface area contributed by atoms with Crippen molar-refractivity contribution in [1.82, 2.24) is 0 Å². The number of rotatable bonds is 2. The van der Waals surface area contributed by atoms with Gasteiger partial charge >= 0.3 is 0 Å². The van der Waals surface area contributed by atoms with Crippen molar-refractivity contribution in [3.8, 4) is 0 Å². The average molecular weight is 140 g/mol. The molecule has 1 N–H and O–H groups in total. The predicted octanol–water partition coefficient (Wildman–Crippen LogP) is 1.97. The lowest BCUT2D eigenvalue weighted by Crippen LogP contribution is -1.94. The quantitative estimate of drug-likeness (QED) is 0.634. The first-order valence-corrected chi connectivity index (χ1v) is 2.93. The maximum atomic E-state index is 7.17. The van der Waals surface area contributed by atoms with Gasteiger partial charge in [0.1, 0.15) is 0 Å². The van der Waals surface area contributed by atoms with E-state index in [1.807, 2.05) is 0 Å². The fourth-order valence-corrected chi connectivity index (χ4v) is 0.701. The van der Waals surface area contributed by atoms with Crippen molar-refractivity contribution in [2.75, 3.05) is 12.6 Å². The van der Waals surface area contributed by atoms with E-state index in [1.165, 1.54) is 13.2 Å². The van der Waals surface area contributed by atoms with Gasteiger partial charge in [-0.3, -0.25) is 10.3 Å². The third kappa shape index (κ3) is 1.74. The number of hydrogen-bond donors (Lipinski definition) is 1. The van der Waals surface area contributed by atoms with Crippen LogP contribution in [0.4, 0.5) is 5.69 Å². The van der Waals surface area contributed by atoms with Gasteiger partial charge in [-0.1, -0.05) is 12.1 Å². The second kappa shape index (κ2) is 3.22. The SMILES string of the molecule is [2H]C([2H])([2H])c1cccc(NOC)c1. The number of aryl methyl sites for hydroxylation is 1. The van der Waals surface area contributed by atoms with Crippen molar-refractivity contribution in [2.24, 2.45) is 0 Å². The van der Waals surface area contributed by atoms with Crippen molar-refractivity contribution in [2.45, 2.75) is 6.85 Å². The molecule has 10 heavy (non-hydrogen) atoms. The minimum atomic E-state index is -2.06. The lowest BCUT2D eigenvalue weighted by molar-refractivity contribution is 0.271. The summed E-state index contributed by atoms with van der Waals surface area (Å²) in [4.78, 5) is 4.66. The summed E-state index contributed by atoms with van der Waals surface area (Å²) in [6.07, 6.45) is 0. The maximum absolute atomic E-state index is 7.17. The highest BCUT2D eigenvalue weighted by atomic mass is 16.6. The molecule has 1 aromatic rings. The van der Waals surface area contributed by atoms with Crippen LogP contribution in [0.15, 0.2) is 24.3 Å². The van der Waals surface area contributed by atoms with E-state index >= 15 is 0 Å². The van der Waals surface area contributed by atoms with Gasteiger partial charge in [0.15, 0.2) is 0 Å². The monoisotopic (exact) mass is 140 g/mol. The first kappa shape index (κ1) is 3.98. The Balaban J connectivity index is 2.92. The van der Waals surface area contributed by atoms with Crippen LogP contribution in [-0.4, -0.2) is 7.11 Å². The Kier molecular flexibility index (Phi) is 1.28. The van der Waals surface area contributed by atoms with Crippen LogP contribution in [-0.2, 0) is 4.84 Å². The molecule has 0 aliphatic rings. The Labute approximate surface area is 65.0 Å². The molecule has 0 bridgehead atoms. The van der Waals surface area contributed by atoms with Crippen molar-refractivity contribution in [1.29, 1.82) is 0 Å². The van der Waals surface area contributed by atoms with Crippen LogP contribution in [0.25, 0.3) is 0 Å². The summed E-state index contributed by atoms with van der Waals surface area (Å²) in [7, 11) is 1.47. The Morgan fingerprint density at radius 3 is 3.20 bits per heavy atom. The summed E-state index contributed by atoms with van der Waals surface area (Å²) in [5.74, 6) is 0. The van der Waals surface area contributed by atoms with Gasteiger partial charge < -0.3 is 0 Å². The first-order valence-electron chi connectivity index (χ1n) is 4.43. The standard InChI is InChI=1S/C8H11NO/c1-7-4-3-5-8(6-7)9-10-2/h3-6,9H,1-2H3/i1D3. The Hall–Kier alpha value is -1.02. The van der Waals surface area contributed by atoms with Gasteiger partial charge in [0.2, 0.25) is 0 Å². The van der Waals surface area contributed by atoms with Crippen LogP contribution in [0, 0.1) is 6.85 Å². The van der Waals surface area contributed by atoms with Gasteiger partial charge in [0.25, 0.3) is 0 Å². The van der Waals surface area contributed by atoms with Gasteiger partial charge in [-0.15, -0.1) is 0 Å². The molecule has 0 aliphatic carbocycles. The van der Waals surface area contributed by atoms with E-state index in [9.17, 15) is 0 Å². The number of anilines is 1. The van der Waals surface area contributed by atoms with Crippen molar-refractivity contribution in [3.63, 3.8) is 0 Å². The van der Waals surface area contributed by atoms with Gasteiger partial charge in [-0.25, -0.2) is 0 Å². The minimum Gasteiger partial charge on any atom is -0.279 e. The van der Waals surface area contributed by atoms with E-state index in [4.69, 9.17) is 4.11 Å². The smallest absolute Gasteiger partial charge is 0.0636 e. The molecule has 0 saturated heterocycles. The van der Waals surface area contributed by atoms with E-state index in [0.717, 1.165) is 0 Å². The van der Waals surface area contributed by atoms with E-state index in [1.54, 1.807) is 18.2 Å². The maximum Gasteiger partial charge on any atom is 0.0636 e. The molecule has 0 spiro atoms. The number of hydrogen-bond acceptors (Lipinski definition) is 2. The molecule has 2 nitrogen and oxygen atoms in total. The van der Waals surface area contributed by atoms with Gasteiger partial charge in [0, 0.05) is 4.11 Å². The number of benzene rings is 1. The van der Waals surface area contributed by atoms with E-state index in [2.05, 4.69) is 10.3 Å². The van der Waals surface area contributed by atoms with Crippen LogP contribution in [0.1, 0.15) is 9.68 Å². The van der Waals surface area contributed by atoms with E-state index in [0.29, 0.717) is 11.3 Å². The molecular formula is C8H11NO. The second-order valence-corrected chi connectivity index (χ2v) is 1.89. The van der Waals surface area contributed by atoms with Crippen LogP contribution in [0.2, 0.25) is 0 Å². The van der Waals surface area contributed by atoms with E-state index < -0.39 is 6.85 Å². The summed E-state index contributed by atoms with van der Waals surface area (Å²) < 4.78 is 21.5. The molecule has 0 amide bonds. The molecule has 0 saturated carbocycles. The molecule has 54 valence electrons. The minimum absolute atomic E-state index is 0.301. The summed E-state index contributed by atoms with van der Waals surface area (Å²) in [6, 6.07) is 6.51. The Bertz CT molecular complexity index is 285. The molecule has 0 aliphatic heterocycles. The molecule has 1 rings (SSSR count). The predicted molar refractivity (Wildman–Crippen MR) is 41.8 cm³/mol. The van der Waals surface area contributed by atoms with E-state index in [-0.39, 0.29) is 0 Å². The normalized spacial score (nSPS) is 15.1. The van der Waals surface area contributed by atoms with Crippen molar-refractivity contribution < 1.29 is 8.95 Å². The largest absolute Gasteiger partial charge is 0.279 e. The third-order valence-corrected chi connectivity index (χ3v) is 1.08. The van der Waals surface area contributed by atoms with Gasteiger partial charge in [-0.05, 0) is 24.5 Å². The Morgan fingerprint density at radius 1 is 1.60 bits per heavy atom. The zero-order chi connectivity index (χ0) is 9.90. The molecular weight excluding hydrogens is 126 g/mol. The fourth-order valence-electron chi connectivity index (χ4n) is 0.701. The summed E-state index contributed by atoms with van der Waals surface area (Å²) in [6.45, 7) is -2.06. The topological polar surface area (TPSA) is 21.3 Å². The van der Waals surface area contributed by atoms with Gasteiger partial charge in [0.05, 0.1) is 12.8 Å². The van der Waals surface area contributed by atoms with Crippen molar-refractivity contribution >= 4 is 5.69 Å². The lowest BCUT2D eigenvalue weighted by Gasteiger charge is -2.01. The summed E-state index contributed by atoms with van der Waals surface area (Å²) in [5, 5.41) is 0. The lowest BCUT2D eigenvalue weighted by atomic mass is 10.2. The highest BCUT2D eigenvalue weighted by Crippen LogP contribution is 2.08. The molecule has 1 aromatic carbocycles. The van der Waals surface area contributed by atoms with Crippen LogP contribution in [0.3, 0.4) is 0 Å². The average Bonchev–Trinajstić information content (AvgIpc) is 2.04.